The van der Waals surface area contributed by atoms with E-state index in [1.807, 2.05) is 0 Å². The summed E-state index contributed by atoms with van der Waals surface area (Å²) >= 11 is 0. The predicted molar refractivity (Wildman–Crippen MR) is 107 cm³/mol. The fourth-order valence-corrected chi connectivity index (χ4v) is 7.19. The molecule has 4 rings (SSSR count). The average Bonchev–Trinajstić information content (AvgIpc) is 2.99. The summed E-state index contributed by atoms with van der Waals surface area (Å²) in [6.45, 7) is 8.17. The molecule has 7 atom stereocenters. The minimum Gasteiger partial charge on any atom is -0.349 e. The molecule has 0 radical (unpaired) electrons. The molecule has 3 fully saturated rings. The van der Waals surface area contributed by atoms with Crippen molar-refractivity contribution in [2.75, 3.05) is 0 Å². The van der Waals surface area contributed by atoms with E-state index in [4.69, 9.17) is 0 Å². The van der Waals surface area contributed by atoms with Gasteiger partial charge in [0, 0.05) is 17.4 Å². The van der Waals surface area contributed by atoms with Crippen molar-refractivity contribution in [3.63, 3.8) is 0 Å². The highest BCUT2D eigenvalue weighted by atomic mass is 16.2. The summed E-state index contributed by atoms with van der Waals surface area (Å²) in [6.07, 6.45) is 10.2. The molecule has 2 unspecified atom stereocenters. The van der Waals surface area contributed by atoms with Gasteiger partial charge in [-0.1, -0.05) is 19.9 Å². The lowest BCUT2D eigenvalue weighted by Crippen LogP contribution is -2.59. The first-order chi connectivity index (χ1) is 13.1. The molecule has 0 aromatic rings. The molecule has 1 heterocycles. The number of nitrogens with one attached hydrogen (secondary N) is 2. The van der Waals surface area contributed by atoms with Gasteiger partial charge in [-0.2, -0.15) is 5.26 Å². The van der Waals surface area contributed by atoms with Gasteiger partial charge < -0.3 is 10.6 Å². The van der Waals surface area contributed by atoms with Crippen LogP contribution >= 0.6 is 0 Å². The number of rotatable bonds is 2. The SMILES string of the molecule is CC(C)(C#N)NC(=O)[C@H]1CC[C@H]2[C@@H]3CC[C@H]4NC(=O)C=CC4(C)[C@H]3CCC12C. The molecule has 0 aromatic heterocycles. The molecule has 2 N–H and O–H groups in total. The van der Waals surface area contributed by atoms with Gasteiger partial charge in [0.05, 0.1) is 6.07 Å². The molecule has 4 aliphatic rings. The van der Waals surface area contributed by atoms with Gasteiger partial charge in [0.25, 0.3) is 0 Å². The van der Waals surface area contributed by atoms with Crippen LogP contribution in [0.1, 0.15) is 66.2 Å². The van der Waals surface area contributed by atoms with Crippen molar-refractivity contribution < 1.29 is 9.59 Å². The van der Waals surface area contributed by atoms with Gasteiger partial charge >= 0.3 is 0 Å². The standard InChI is InChI=1S/C23H33N3O2/c1-21(2,13-24)26-20(28)17-7-6-15-14-5-8-18-23(4,12-10-19(27)25-18)16(14)9-11-22(15,17)3/h10,12,14-18H,5-9,11H2,1-4H3,(H,25,27)(H,26,28)/t14-,15-,16-,17+,18+,22?,23?/m0/s1. The number of hydrogen-bond acceptors (Lipinski definition) is 3. The number of nitrogens with zero attached hydrogens (tertiary/aromatic N) is 1. The summed E-state index contributed by atoms with van der Waals surface area (Å²) in [4.78, 5) is 24.9. The number of amides is 2. The summed E-state index contributed by atoms with van der Waals surface area (Å²) in [5, 5.41) is 15.5. The molecule has 0 saturated heterocycles. The van der Waals surface area contributed by atoms with Crippen LogP contribution in [-0.2, 0) is 9.59 Å². The van der Waals surface area contributed by atoms with E-state index in [0.29, 0.717) is 17.8 Å². The van der Waals surface area contributed by atoms with Gasteiger partial charge in [0.1, 0.15) is 5.54 Å². The van der Waals surface area contributed by atoms with Gasteiger partial charge in [-0.05, 0) is 81.6 Å². The topological polar surface area (TPSA) is 82.0 Å². The maximum Gasteiger partial charge on any atom is 0.243 e. The third-order valence-corrected chi connectivity index (χ3v) is 8.72. The Bertz CT molecular complexity index is 766. The Kier molecular flexibility index (Phi) is 4.41. The van der Waals surface area contributed by atoms with Crippen molar-refractivity contribution in [2.45, 2.75) is 77.8 Å². The highest BCUT2D eigenvalue weighted by Gasteiger charge is 2.61. The summed E-state index contributed by atoms with van der Waals surface area (Å²) in [7, 11) is 0. The average molecular weight is 384 g/mol. The molecule has 0 bridgehead atoms. The first kappa shape index (κ1) is 19.5. The van der Waals surface area contributed by atoms with Crippen molar-refractivity contribution >= 4 is 11.8 Å². The summed E-state index contributed by atoms with van der Waals surface area (Å²) < 4.78 is 0. The number of nitriles is 1. The van der Waals surface area contributed by atoms with E-state index >= 15 is 0 Å². The lowest BCUT2D eigenvalue weighted by atomic mass is 9.48. The number of carbonyl (C=O) groups is 2. The molecule has 0 spiro atoms. The smallest absolute Gasteiger partial charge is 0.243 e. The molecular weight excluding hydrogens is 350 g/mol. The van der Waals surface area contributed by atoms with Gasteiger partial charge in [-0.3, -0.25) is 9.59 Å². The zero-order chi connectivity index (χ0) is 20.3. The van der Waals surface area contributed by atoms with Gasteiger partial charge in [0.15, 0.2) is 0 Å². The quantitative estimate of drug-likeness (QED) is 0.767. The highest BCUT2D eigenvalue weighted by Crippen LogP contribution is 2.65. The summed E-state index contributed by atoms with van der Waals surface area (Å²) in [5.74, 6) is 1.83. The van der Waals surface area contributed by atoms with E-state index in [2.05, 4.69) is 36.6 Å². The lowest BCUT2D eigenvalue weighted by molar-refractivity contribution is -0.135. The highest BCUT2D eigenvalue weighted by molar-refractivity contribution is 5.89. The molecule has 3 aliphatic carbocycles. The first-order valence-corrected chi connectivity index (χ1v) is 10.8. The Morgan fingerprint density at radius 1 is 1.21 bits per heavy atom. The summed E-state index contributed by atoms with van der Waals surface area (Å²) in [6, 6.07) is 2.43. The van der Waals surface area contributed by atoms with E-state index < -0.39 is 5.54 Å². The minimum atomic E-state index is -0.820. The maximum atomic E-state index is 13.0. The van der Waals surface area contributed by atoms with Crippen LogP contribution in [0.3, 0.4) is 0 Å². The van der Waals surface area contributed by atoms with E-state index in [9.17, 15) is 14.9 Å². The van der Waals surface area contributed by atoms with Crippen LogP contribution in [0.5, 0.6) is 0 Å². The fraction of sp³-hybridized carbons (Fsp3) is 0.783. The Balaban J connectivity index is 1.57. The monoisotopic (exact) mass is 383 g/mol. The second-order valence-electron chi connectivity index (χ2n) is 10.6. The molecule has 0 aromatic carbocycles. The van der Waals surface area contributed by atoms with Crippen LogP contribution in [0.4, 0.5) is 0 Å². The van der Waals surface area contributed by atoms with Crippen molar-refractivity contribution in [2.24, 2.45) is 34.5 Å². The Morgan fingerprint density at radius 2 is 1.96 bits per heavy atom. The second-order valence-corrected chi connectivity index (χ2v) is 10.6. The maximum absolute atomic E-state index is 13.0. The molecule has 1 aliphatic heterocycles. The molecule has 28 heavy (non-hydrogen) atoms. The first-order valence-electron chi connectivity index (χ1n) is 10.8. The Hall–Kier alpha value is -1.83. The molecule has 2 amide bonds. The van der Waals surface area contributed by atoms with E-state index in [-0.39, 0.29) is 34.6 Å². The van der Waals surface area contributed by atoms with Crippen LogP contribution in [-0.4, -0.2) is 23.4 Å². The van der Waals surface area contributed by atoms with E-state index in [1.54, 1.807) is 19.9 Å². The van der Waals surface area contributed by atoms with Gasteiger partial charge in [0.2, 0.25) is 11.8 Å². The zero-order valence-electron chi connectivity index (χ0n) is 17.5. The summed E-state index contributed by atoms with van der Waals surface area (Å²) in [5.41, 5.74) is -0.776. The number of fused-ring (bicyclic) bond motifs is 5. The Labute approximate surface area is 168 Å². The second kappa shape index (κ2) is 6.34. The fourth-order valence-electron chi connectivity index (χ4n) is 7.19. The van der Waals surface area contributed by atoms with Crippen LogP contribution in [0, 0.1) is 45.8 Å². The van der Waals surface area contributed by atoms with Gasteiger partial charge in [-0.15, -0.1) is 0 Å². The number of hydrogen-bond donors (Lipinski definition) is 2. The molecular formula is C23H33N3O2. The molecule has 152 valence electrons. The van der Waals surface area contributed by atoms with Crippen LogP contribution in [0.2, 0.25) is 0 Å². The normalized spacial score (nSPS) is 44.5. The van der Waals surface area contributed by atoms with Crippen LogP contribution in [0.25, 0.3) is 0 Å². The Morgan fingerprint density at radius 3 is 2.68 bits per heavy atom. The van der Waals surface area contributed by atoms with Crippen molar-refractivity contribution in [3.8, 4) is 6.07 Å². The zero-order valence-corrected chi connectivity index (χ0v) is 17.5. The van der Waals surface area contributed by atoms with E-state index in [1.165, 1.54) is 0 Å². The lowest BCUT2D eigenvalue weighted by Gasteiger charge is -2.58. The van der Waals surface area contributed by atoms with Crippen LogP contribution in [0.15, 0.2) is 12.2 Å². The molecule has 5 heteroatoms. The van der Waals surface area contributed by atoms with Crippen molar-refractivity contribution in [1.29, 1.82) is 5.26 Å². The third kappa shape index (κ3) is 2.79. The van der Waals surface area contributed by atoms with E-state index in [0.717, 1.165) is 38.5 Å². The van der Waals surface area contributed by atoms with Crippen molar-refractivity contribution in [1.82, 2.24) is 10.6 Å². The minimum absolute atomic E-state index is 0.00166. The largest absolute Gasteiger partial charge is 0.349 e. The van der Waals surface area contributed by atoms with Gasteiger partial charge in [-0.25, -0.2) is 0 Å². The van der Waals surface area contributed by atoms with Crippen molar-refractivity contribution in [3.05, 3.63) is 12.2 Å². The molecule has 3 saturated carbocycles. The molecule has 5 nitrogen and oxygen atoms in total. The third-order valence-electron chi connectivity index (χ3n) is 8.72. The number of carbonyl (C=O) groups excluding carboxylic acids is 2. The van der Waals surface area contributed by atoms with Crippen LogP contribution < -0.4 is 10.6 Å². The predicted octanol–water partition coefficient (Wildman–Crippen LogP) is 3.32.